The molecule has 0 amide bonds. The summed E-state index contributed by atoms with van der Waals surface area (Å²) in [6, 6.07) is 1.88. The van der Waals surface area contributed by atoms with Gasteiger partial charge in [-0.05, 0) is 13.8 Å². The predicted molar refractivity (Wildman–Crippen MR) is 40.6 cm³/mol. The predicted octanol–water partition coefficient (Wildman–Crippen LogP) is 1.41. The minimum atomic E-state index is -0.0301. The van der Waals surface area contributed by atoms with Crippen molar-refractivity contribution in [1.82, 2.24) is 0 Å². The summed E-state index contributed by atoms with van der Waals surface area (Å²) in [7, 11) is 0. The van der Waals surface area contributed by atoms with Gasteiger partial charge in [0.1, 0.15) is 5.78 Å². The second-order valence-electron chi connectivity index (χ2n) is 2.09. The van der Waals surface area contributed by atoms with E-state index in [1.54, 1.807) is 0 Å². The summed E-state index contributed by atoms with van der Waals surface area (Å²) in [6.07, 6.45) is 1.50. The second-order valence-corrected chi connectivity index (χ2v) is 2.09. The summed E-state index contributed by atoms with van der Waals surface area (Å²) in [5.41, 5.74) is 0.374. The van der Waals surface area contributed by atoms with E-state index >= 15 is 0 Å². The molecule has 3 heteroatoms. The summed E-state index contributed by atoms with van der Waals surface area (Å²) in [5, 5.41) is 8.45. The number of hydrogen-bond acceptors (Lipinski definition) is 3. The summed E-state index contributed by atoms with van der Waals surface area (Å²) in [6.45, 7) is 3.78. The number of nitrogens with zero attached hydrogens (tertiary/aromatic N) is 1. The van der Waals surface area contributed by atoms with Crippen molar-refractivity contribution in [2.24, 2.45) is 0 Å². The van der Waals surface area contributed by atoms with E-state index in [9.17, 15) is 4.79 Å². The molecule has 0 spiro atoms. The van der Waals surface area contributed by atoms with Gasteiger partial charge in [0.25, 0.3) is 0 Å². The number of allylic oxidation sites excluding steroid dienone is 1. The molecule has 60 valence electrons. The summed E-state index contributed by atoms with van der Waals surface area (Å²) in [4.78, 5) is 10.5. The molecule has 0 N–H and O–H groups in total. The molecule has 3 nitrogen and oxygen atoms in total. The number of ketones is 1. The number of carbonyl (C=O) groups is 1. The molecule has 0 aromatic heterocycles. The van der Waals surface area contributed by atoms with Gasteiger partial charge in [0, 0.05) is 6.42 Å². The van der Waals surface area contributed by atoms with Gasteiger partial charge in [0.15, 0.2) is 0 Å². The van der Waals surface area contributed by atoms with Crippen molar-refractivity contribution < 1.29 is 9.53 Å². The van der Waals surface area contributed by atoms with E-state index in [0.717, 1.165) is 0 Å². The van der Waals surface area contributed by atoms with Crippen LogP contribution in [0.5, 0.6) is 0 Å². The molecule has 0 aromatic carbocycles. The number of ether oxygens (including phenoxy) is 1. The fraction of sp³-hybridized carbons (Fsp3) is 0.500. The van der Waals surface area contributed by atoms with Gasteiger partial charge in [-0.25, -0.2) is 0 Å². The van der Waals surface area contributed by atoms with Crippen LogP contribution in [0.25, 0.3) is 0 Å². The molecule has 0 bridgehead atoms. The van der Waals surface area contributed by atoms with E-state index < -0.39 is 0 Å². The molecule has 0 atom stereocenters. The van der Waals surface area contributed by atoms with E-state index in [2.05, 4.69) is 0 Å². The van der Waals surface area contributed by atoms with Gasteiger partial charge < -0.3 is 4.74 Å². The second kappa shape index (κ2) is 5.48. The zero-order chi connectivity index (χ0) is 8.69. The average molecular weight is 153 g/mol. The van der Waals surface area contributed by atoms with Gasteiger partial charge in [-0.1, -0.05) is 0 Å². The average Bonchev–Trinajstić information content (AvgIpc) is 1.97. The van der Waals surface area contributed by atoms with Crippen LogP contribution in [-0.2, 0) is 9.53 Å². The van der Waals surface area contributed by atoms with Crippen molar-refractivity contribution in [3.05, 3.63) is 11.8 Å². The Morgan fingerprint density at radius 1 is 1.73 bits per heavy atom. The first-order valence-electron chi connectivity index (χ1n) is 3.40. The summed E-state index contributed by atoms with van der Waals surface area (Å²) < 4.78 is 4.85. The Kier molecular flexibility index (Phi) is 4.83. The van der Waals surface area contributed by atoms with Crippen LogP contribution >= 0.6 is 0 Å². The lowest BCUT2D eigenvalue weighted by Gasteiger charge is -1.95. The quantitative estimate of drug-likeness (QED) is 0.453. The van der Waals surface area contributed by atoms with Gasteiger partial charge >= 0.3 is 0 Å². The molecule has 0 fully saturated rings. The fourth-order valence-electron chi connectivity index (χ4n) is 0.560. The third-order valence-corrected chi connectivity index (χ3v) is 0.975. The molecular formula is C8H11NO2. The third-order valence-electron chi connectivity index (χ3n) is 0.975. The van der Waals surface area contributed by atoms with Gasteiger partial charge in [0.05, 0.1) is 24.5 Å². The van der Waals surface area contributed by atoms with Crippen molar-refractivity contribution in [2.75, 3.05) is 6.61 Å². The highest BCUT2D eigenvalue weighted by atomic mass is 16.5. The van der Waals surface area contributed by atoms with E-state index in [1.165, 1.54) is 13.2 Å². The molecule has 0 aliphatic heterocycles. The first-order valence-corrected chi connectivity index (χ1v) is 3.40. The van der Waals surface area contributed by atoms with Gasteiger partial charge in [0.2, 0.25) is 0 Å². The molecule has 0 heterocycles. The molecule has 0 aliphatic rings. The molecule has 0 rings (SSSR count). The van der Waals surface area contributed by atoms with E-state index in [1.807, 2.05) is 13.0 Å². The summed E-state index contributed by atoms with van der Waals surface area (Å²) in [5.74, 6) is -0.0301. The smallest absolute Gasteiger partial charge is 0.135 e. The lowest BCUT2D eigenvalue weighted by molar-refractivity contribution is -0.116. The molecule has 0 saturated carbocycles. The van der Waals surface area contributed by atoms with E-state index in [4.69, 9.17) is 10.00 Å². The summed E-state index contributed by atoms with van der Waals surface area (Å²) >= 11 is 0. The molecule has 0 aliphatic carbocycles. The van der Waals surface area contributed by atoms with Crippen LogP contribution in [0.3, 0.4) is 0 Å². The standard InChI is InChI=1S/C8H11NO2/c1-3-11-6-8(5-9)4-7(2)10/h6H,3-4H2,1-2H3/b8-6-. The number of nitriles is 1. The molecule has 0 aromatic rings. The van der Waals surface area contributed by atoms with Crippen molar-refractivity contribution in [1.29, 1.82) is 5.26 Å². The maximum atomic E-state index is 10.5. The Balaban J connectivity index is 3.97. The molecule has 0 unspecified atom stereocenters. The monoisotopic (exact) mass is 153 g/mol. The van der Waals surface area contributed by atoms with Crippen LogP contribution in [0.1, 0.15) is 20.3 Å². The molecular weight excluding hydrogens is 142 g/mol. The third kappa shape index (κ3) is 5.16. The zero-order valence-corrected chi connectivity index (χ0v) is 6.76. The molecule has 11 heavy (non-hydrogen) atoms. The van der Waals surface area contributed by atoms with Crippen molar-refractivity contribution in [3.8, 4) is 6.07 Å². The van der Waals surface area contributed by atoms with Gasteiger partial charge in [-0.15, -0.1) is 0 Å². The van der Waals surface area contributed by atoms with Crippen LogP contribution in [0.15, 0.2) is 11.8 Å². The highest BCUT2D eigenvalue weighted by Gasteiger charge is 1.99. The van der Waals surface area contributed by atoms with Crippen LogP contribution in [-0.4, -0.2) is 12.4 Å². The van der Waals surface area contributed by atoms with Crippen molar-refractivity contribution >= 4 is 5.78 Å². The zero-order valence-electron chi connectivity index (χ0n) is 6.76. The minimum absolute atomic E-state index is 0.0301. The van der Waals surface area contributed by atoms with Crippen LogP contribution < -0.4 is 0 Å². The van der Waals surface area contributed by atoms with Crippen molar-refractivity contribution in [3.63, 3.8) is 0 Å². The Hall–Kier alpha value is -1.30. The normalized spacial score (nSPS) is 10.5. The van der Waals surface area contributed by atoms with Gasteiger partial charge in [-0.3, -0.25) is 4.79 Å². The highest BCUT2D eigenvalue weighted by Crippen LogP contribution is 2.00. The Morgan fingerprint density at radius 2 is 2.36 bits per heavy atom. The minimum Gasteiger partial charge on any atom is -0.500 e. The first-order chi connectivity index (χ1) is 5.20. The number of carbonyl (C=O) groups excluding carboxylic acids is 1. The van der Waals surface area contributed by atoms with E-state index in [-0.39, 0.29) is 12.2 Å². The maximum Gasteiger partial charge on any atom is 0.135 e. The topological polar surface area (TPSA) is 50.1 Å². The maximum absolute atomic E-state index is 10.5. The first kappa shape index (κ1) is 9.70. The van der Waals surface area contributed by atoms with Crippen LogP contribution in [0.4, 0.5) is 0 Å². The van der Waals surface area contributed by atoms with Crippen LogP contribution in [0.2, 0.25) is 0 Å². The Labute approximate surface area is 66.3 Å². The largest absolute Gasteiger partial charge is 0.500 e. The molecule has 0 radical (unpaired) electrons. The number of hydrogen-bond donors (Lipinski definition) is 0. The van der Waals surface area contributed by atoms with Gasteiger partial charge in [-0.2, -0.15) is 5.26 Å². The number of rotatable bonds is 4. The SMILES string of the molecule is CCO/C=C(\C#N)CC(C)=O. The van der Waals surface area contributed by atoms with Crippen molar-refractivity contribution in [2.45, 2.75) is 20.3 Å². The lowest BCUT2D eigenvalue weighted by atomic mass is 10.2. The lowest BCUT2D eigenvalue weighted by Crippen LogP contribution is -1.92. The highest BCUT2D eigenvalue weighted by molar-refractivity contribution is 5.78. The Bertz CT molecular complexity index is 201. The van der Waals surface area contributed by atoms with E-state index in [0.29, 0.717) is 12.2 Å². The fourth-order valence-corrected chi connectivity index (χ4v) is 0.560. The number of Topliss-reactive ketones (excluding diaryl/α,β-unsaturated/α-hetero) is 1. The molecule has 0 saturated heterocycles. The Morgan fingerprint density at radius 3 is 2.73 bits per heavy atom. The van der Waals surface area contributed by atoms with Crippen LogP contribution in [0, 0.1) is 11.3 Å².